The van der Waals surface area contributed by atoms with E-state index in [9.17, 15) is 0 Å². The van der Waals surface area contributed by atoms with Crippen LogP contribution in [-0.2, 0) is 0 Å². The first-order chi connectivity index (χ1) is 7.09. The highest BCUT2D eigenvalue weighted by atomic mass is 14.8. The van der Waals surface area contributed by atoms with Crippen molar-refractivity contribution < 1.29 is 0 Å². The summed E-state index contributed by atoms with van der Waals surface area (Å²) in [5.41, 5.74) is 0. The Morgan fingerprint density at radius 1 is 0.867 bits per heavy atom. The Balaban J connectivity index is 2.34. The summed E-state index contributed by atoms with van der Waals surface area (Å²) in [6, 6.07) is 0. The fourth-order valence-electron chi connectivity index (χ4n) is 3.38. The molecule has 1 nitrogen and oxygen atoms in total. The van der Waals surface area contributed by atoms with Gasteiger partial charge in [0.05, 0.1) is 0 Å². The van der Waals surface area contributed by atoms with Crippen LogP contribution in [0.4, 0.5) is 0 Å². The maximum absolute atomic E-state index is 3.42. The van der Waals surface area contributed by atoms with Crippen LogP contribution in [0.5, 0.6) is 0 Å². The highest BCUT2D eigenvalue weighted by Gasteiger charge is 2.40. The van der Waals surface area contributed by atoms with Crippen LogP contribution >= 0.6 is 0 Å². The summed E-state index contributed by atoms with van der Waals surface area (Å²) in [6.07, 6.45) is 2.77. The molecule has 0 aromatic rings. The molecular weight excluding hydrogens is 182 g/mol. The molecule has 90 valence electrons. The molecular formula is C14H29N. The maximum Gasteiger partial charge on any atom is -0.00489 e. The molecule has 4 unspecified atom stereocenters. The minimum absolute atomic E-state index is 0.920. The Morgan fingerprint density at radius 2 is 1.40 bits per heavy atom. The standard InChI is InChI=1S/C14H29N/c1-6-15-9-7-8-14-12(4)10(2)11(3)13(14)5/h10-15H,6-9H2,1-5H3. The lowest BCUT2D eigenvalue weighted by atomic mass is 9.85. The first kappa shape index (κ1) is 13.0. The van der Waals surface area contributed by atoms with E-state index >= 15 is 0 Å². The zero-order chi connectivity index (χ0) is 11.4. The zero-order valence-corrected chi connectivity index (χ0v) is 11.2. The average Bonchev–Trinajstić information content (AvgIpc) is 2.41. The third-order valence-electron chi connectivity index (χ3n) is 4.98. The van der Waals surface area contributed by atoms with Crippen molar-refractivity contribution in [3.05, 3.63) is 0 Å². The van der Waals surface area contributed by atoms with Crippen molar-refractivity contribution in [3.63, 3.8) is 0 Å². The third kappa shape index (κ3) is 2.96. The van der Waals surface area contributed by atoms with E-state index in [4.69, 9.17) is 0 Å². The van der Waals surface area contributed by atoms with Gasteiger partial charge in [-0.1, -0.05) is 34.6 Å². The van der Waals surface area contributed by atoms with Gasteiger partial charge in [0.15, 0.2) is 0 Å². The fourth-order valence-corrected chi connectivity index (χ4v) is 3.38. The van der Waals surface area contributed by atoms with E-state index in [0.29, 0.717) is 0 Å². The lowest BCUT2D eigenvalue weighted by Gasteiger charge is -2.21. The van der Waals surface area contributed by atoms with Crippen molar-refractivity contribution >= 4 is 0 Å². The second-order valence-corrected chi connectivity index (χ2v) is 5.60. The Kier molecular flexibility index (Phi) is 5.11. The molecule has 0 amide bonds. The first-order valence-corrected chi connectivity index (χ1v) is 6.80. The summed E-state index contributed by atoms with van der Waals surface area (Å²) in [4.78, 5) is 0. The van der Waals surface area contributed by atoms with Crippen molar-refractivity contribution in [3.8, 4) is 0 Å². The Morgan fingerprint density at radius 3 is 1.87 bits per heavy atom. The van der Waals surface area contributed by atoms with Crippen LogP contribution in [0.15, 0.2) is 0 Å². The smallest absolute Gasteiger partial charge is 0.00489 e. The quantitative estimate of drug-likeness (QED) is 0.686. The third-order valence-corrected chi connectivity index (χ3v) is 4.98. The van der Waals surface area contributed by atoms with Crippen LogP contribution < -0.4 is 5.32 Å². The van der Waals surface area contributed by atoms with Crippen molar-refractivity contribution in [2.75, 3.05) is 13.1 Å². The number of hydrogen-bond donors (Lipinski definition) is 1. The van der Waals surface area contributed by atoms with Crippen LogP contribution in [0.2, 0.25) is 0 Å². The van der Waals surface area contributed by atoms with Crippen LogP contribution in [0.1, 0.15) is 47.5 Å². The van der Waals surface area contributed by atoms with Gasteiger partial charge in [0.2, 0.25) is 0 Å². The van der Waals surface area contributed by atoms with Gasteiger partial charge in [0.1, 0.15) is 0 Å². The van der Waals surface area contributed by atoms with Crippen LogP contribution in [0.25, 0.3) is 0 Å². The van der Waals surface area contributed by atoms with E-state index in [2.05, 4.69) is 39.9 Å². The van der Waals surface area contributed by atoms with Gasteiger partial charge in [-0.05, 0) is 55.5 Å². The largest absolute Gasteiger partial charge is 0.317 e. The molecule has 15 heavy (non-hydrogen) atoms. The predicted molar refractivity (Wildman–Crippen MR) is 67.9 cm³/mol. The number of hydrogen-bond acceptors (Lipinski definition) is 1. The van der Waals surface area contributed by atoms with E-state index < -0.39 is 0 Å². The Bertz CT molecular complexity index is 164. The molecule has 0 spiro atoms. The van der Waals surface area contributed by atoms with Crippen LogP contribution in [0.3, 0.4) is 0 Å². The van der Waals surface area contributed by atoms with Gasteiger partial charge in [-0.3, -0.25) is 0 Å². The molecule has 0 saturated heterocycles. The molecule has 0 aromatic heterocycles. The molecule has 0 aromatic carbocycles. The van der Waals surface area contributed by atoms with E-state index in [1.54, 1.807) is 0 Å². The van der Waals surface area contributed by atoms with Crippen molar-refractivity contribution in [1.29, 1.82) is 0 Å². The molecule has 4 atom stereocenters. The van der Waals surface area contributed by atoms with Gasteiger partial charge in [-0.25, -0.2) is 0 Å². The van der Waals surface area contributed by atoms with E-state index in [0.717, 1.165) is 36.1 Å². The predicted octanol–water partition coefficient (Wildman–Crippen LogP) is 3.55. The summed E-state index contributed by atoms with van der Waals surface area (Å²) >= 11 is 0. The molecule has 1 N–H and O–H groups in total. The monoisotopic (exact) mass is 211 g/mol. The van der Waals surface area contributed by atoms with Crippen LogP contribution in [-0.4, -0.2) is 13.1 Å². The molecule has 0 radical (unpaired) electrons. The SMILES string of the molecule is CCNCCCC1C(C)C(C)C(C)C1C. The summed E-state index contributed by atoms with van der Waals surface area (Å²) in [5.74, 6) is 4.66. The average molecular weight is 211 g/mol. The topological polar surface area (TPSA) is 12.0 Å². The van der Waals surface area contributed by atoms with Crippen molar-refractivity contribution in [2.24, 2.45) is 29.6 Å². The number of rotatable bonds is 5. The lowest BCUT2D eigenvalue weighted by Crippen LogP contribution is -2.18. The van der Waals surface area contributed by atoms with Gasteiger partial charge in [0.25, 0.3) is 0 Å². The number of nitrogens with one attached hydrogen (secondary N) is 1. The maximum atomic E-state index is 3.42. The Hall–Kier alpha value is -0.0400. The zero-order valence-electron chi connectivity index (χ0n) is 11.2. The second kappa shape index (κ2) is 5.89. The van der Waals surface area contributed by atoms with Crippen LogP contribution in [0, 0.1) is 29.6 Å². The molecule has 0 heterocycles. The van der Waals surface area contributed by atoms with Gasteiger partial charge >= 0.3 is 0 Å². The molecule has 1 rings (SSSR count). The van der Waals surface area contributed by atoms with Crippen molar-refractivity contribution in [1.82, 2.24) is 5.32 Å². The fraction of sp³-hybridized carbons (Fsp3) is 1.00. The summed E-state index contributed by atoms with van der Waals surface area (Å²) < 4.78 is 0. The normalized spacial score (nSPS) is 41.0. The Labute approximate surface area is 96.0 Å². The molecule has 1 heteroatoms. The lowest BCUT2D eigenvalue weighted by molar-refractivity contribution is 0.292. The molecule has 0 bridgehead atoms. The van der Waals surface area contributed by atoms with E-state index in [1.165, 1.54) is 19.4 Å². The molecule has 1 saturated carbocycles. The summed E-state index contributed by atoms with van der Waals surface area (Å²) in [6.45, 7) is 14.3. The van der Waals surface area contributed by atoms with E-state index in [1.807, 2.05) is 0 Å². The minimum Gasteiger partial charge on any atom is -0.317 e. The highest BCUT2D eigenvalue weighted by molar-refractivity contribution is 4.89. The van der Waals surface area contributed by atoms with Gasteiger partial charge in [-0.15, -0.1) is 0 Å². The van der Waals surface area contributed by atoms with Gasteiger partial charge in [-0.2, -0.15) is 0 Å². The molecule has 0 aliphatic heterocycles. The minimum atomic E-state index is 0.920. The second-order valence-electron chi connectivity index (χ2n) is 5.60. The highest BCUT2D eigenvalue weighted by Crippen LogP contribution is 2.47. The van der Waals surface area contributed by atoms with Gasteiger partial charge in [0, 0.05) is 0 Å². The van der Waals surface area contributed by atoms with E-state index in [-0.39, 0.29) is 0 Å². The summed E-state index contributed by atoms with van der Waals surface area (Å²) in [5, 5.41) is 3.42. The molecule has 1 aliphatic rings. The van der Waals surface area contributed by atoms with Crippen molar-refractivity contribution in [2.45, 2.75) is 47.5 Å². The molecule has 1 aliphatic carbocycles. The molecule has 1 fully saturated rings. The van der Waals surface area contributed by atoms with Gasteiger partial charge < -0.3 is 5.32 Å². The first-order valence-electron chi connectivity index (χ1n) is 6.80. The summed E-state index contributed by atoms with van der Waals surface area (Å²) in [7, 11) is 0.